The lowest BCUT2D eigenvalue weighted by atomic mass is 9.98. The second-order valence-corrected chi connectivity index (χ2v) is 8.05. The highest BCUT2D eigenvalue weighted by Crippen LogP contribution is 2.37. The fraction of sp³-hybridized carbons (Fsp3) is 0.278. The molecule has 2 atom stereocenters. The predicted octanol–water partition coefficient (Wildman–Crippen LogP) is 0.764. The van der Waals surface area contributed by atoms with Crippen LogP contribution in [0.4, 0.5) is 5.95 Å². The molecule has 7 N–H and O–H groups in total. The van der Waals surface area contributed by atoms with Gasteiger partial charge in [0.2, 0.25) is 18.4 Å². The Labute approximate surface area is 188 Å². The number of amides is 1. The first-order valence-electron chi connectivity index (χ1n) is 9.37. The third kappa shape index (κ3) is 5.32. The molecular weight excluding hydrogens is 460 g/mol. The van der Waals surface area contributed by atoms with Crippen molar-refractivity contribution in [3.05, 3.63) is 43.8 Å². The summed E-state index contributed by atoms with van der Waals surface area (Å²) in [6, 6.07) is 1.44. The summed E-state index contributed by atoms with van der Waals surface area (Å²) in [6.07, 6.45) is 0.670. The number of hydrogen-bond acceptors (Lipinski definition) is 10. The molecule has 0 saturated carbocycles. The zero-order valence-electron chi connectivity index (χ0n) is 16.7. The van der Waals surface area contributed by atoms with Crippen molar-refractivity contribution >= 4 is 46.2 Å². The Morgan fingerprint density at radius 2 is 2.00 bits per heavy atom. The van der Waals surface area contributed by atoms with Crippen LogP contribution in [-0.2, 0) is 9.59 Å². The van der Waals surface area contributed by atoms with E-state index in [2.05, 4.69) is 20.3 Å². The molecule has 0 aromatic carbocycles. The highest BCUT2D eigenvalue weighted by molar-refractivity contribution is 7.14. The van der Waals surface area contributed by atoms with E-state index in [9.17, 15) is 34.7 Å². The maximum atomic E-state index is 12.5. The molecule has 33 heavy (non-hydrogen) atoms. The fourth-order valence-electron chi connectivity index (χ4n) is 3.24. The molecule has 1 amide bonds. The smallest absolute Gasteiger partial charge is 0.326 e. The number of H-pyrrole nitrogens is 1. The quantitative estimate of drug-likeness (QED) is 0.176. The van der Waals surface area contributed by atoms with Crippen LogP contribution in [0.1, 0.15) is 38.9 Å². The number of hydrogen-bond donors (Lipinski definition) is 6. The van der Waals surface area contributed by atoms with Crippen LogP contribution in [0.5, 0.6) is 5.88 Å². The van der Waals surface area contributed by atoms with Crippen molar-refractivity contribution in [1.82, 2.24) is 20.3 Å². The predicted molar refractivity (Wildman–Crippen MR) is 114 cm³/mol. The topological polar surface area (TPSA) is 235 Å². The second-order valence-electron chi connectivity index (χ2n) is 6.94. The van der Waals surface area contributed by atoms with Crippen molar-refractivity contribution in [2.45, 2.75) is 24.8 Å². The largest absolute Gasteiger partial charge is 0.493 e. The Hall–Kier alpha value is -4.27. The van der Waals surface area contributed by atoms with Crippen LogP contribution in [0, 0.1) is 10.1 Å². The van der Waals surface area contributed by atoms with Gasteiger partial charge in [0, 0.05) is 22.4 Å². The molecule has 174 valence electrons. The number of anilines is 1. The molecule has 0 aliphatic carbocycles. The van der Waals surface area contributed by atoms with Crippen molar-refractivity contribution in [1.29, 1.82) is 0 Å². The normalized spacial score (nSPS) is 12.8. The summed E-state index contributed by atoms with van der Waals surface area (Å²) >= 11 is 0.898. The first-order valence-corrected chi connectivity index (χ1v) is 10.2. The van der Waals surface area contributed by atoms with Gasteiger partial charge >= 0.3 is 11.9 Å². The maximum Gasteiger partial charge on any atom is 0.326 e. The fourth-order valence-corrected chi connectivity index (χ4v) is 4.26. The first kappa shape index (κ1) is 23.4. The van der Waals surface area contributed by atoms with E-state index < -0.39 is 53.6 Å². The molecule has 0 aliphatic rings. The number of carbonyl (C=O) groups is 3. The zero-order chi connectivity index (χ0) is 24.3. The van der Waals surface area contributed by atoms with Gasteiger partial charge in [0.15, 0.2) is 0 Å². The van der Waals surface area contributed by atoms with E-state index in [1.165, 1.54) is 18.3 Å². The van der Waals surface area contributed by atoms with Crippen molar-refractivity contribution in [2.24, 2.45) is 0 Å². The standard InChI is InChI=1S/C18H18N6O8S/c19-18-22-14-13(16(28)23-18)7(5-20-14)8(6-24(31)32)10-2-3-11(33-10)15(27)21-9(17(29)30)1-4-12(25)26/h2-3,5,8-9H,1,4,6H2,(H,21,27)(H,25,26)(H,29,30)(H4,19,20,22,23,28)/t8?,9-/m0/s1. The lowest BCUT2D eigenvalue weighted by Gasteiger charge is -2.13. The van der Waals surface area contributed by atoms with Gasteiger partial charge < -0.3 is 31.4 Å². The average molecular weight is 478 g/mol. The highest BCUT2D eigenvalue weighted by Gasteiger charge is 2.29. The monoisotopic (exact) mass is 478 g/mol. The number of nitrogen functional groups attached to an aromatic ring is 1. The summed E-state index contributed by atoms with van der Waals surface area (Å²) in [5.74, 6) is -4.89. The number of thiophene rings is 1. The molecule has 0 bridgehead atoms. The summed E-state index contributed by atoms with van der Waals surface area (Å²) in [5, 5.41) is 41.9. The molecular formula is C18H18N6O8S. The molecule has 1 unspecified atom stereocenters. The number of rotatable bonds is 10. The van der Waals surface area contributed by atoms with Gasteiger partial charge in [-0.05, 0) is 24.1 Å². The third-order valence-corrected chi connectivity index (χ3v) is 5.91. The molecule has 0 fully saturated rings. The van der Waals surface area contributed by atoms with Gasteiger partial charge in [0.1, 0.15) is 11.7 Å². The minimum absolute atomic E-state index is 0.0736. The van der Waals surface area contributed by atoms with E-state index in [4.69, 9.17) is 10.8 Å². The summed E-state index contributed by atoms with van der Waals surface area (Å²) < 4.78 is 0. The molecule has 0 saturated heterocycles. The number of aromatic amines is 1. The Kier molecular flexibility index (Phi) is 6.72. The van der Waals surface area contributed by atoms with Gasteiger partial charge in [0.25, 0.3) is 5.91 Å². The number of nitro groups is 1. The van der Waals surface area contributed by atoms with Crippen molar-refractivity contribution in [3.63, 3.8) is 0 Å². The lowest BCUT2D eigenvalue weighted by molar-refractivity contribution is -0.481. The highest BCUT2D eigenvalue weighted by atomic mass is 32.1. The first-order chi connectivity index (χ1) is 15.6. The van der Waals surface area contributed by atoms with Gasteiger partial charge in [-0.15, -0.1) is 11.3 Å². The molecule has 0 aliphatic heterocycles. The van der Waals surface area contributed by atoms with E-state index in [1.54, 1.807) is 0 Å². The van der Waals surface area contributed by atoms with Gasteiger partial charge in [-0.1, -0.05) is 0 Å². The van der Waals surface area contributed by atoms with Crippen LogP contribution in [0.15, 0.2) is 18.3 Å². The number of fused-ring (bicyclic) bond motifs is 1. The number of aliphatic carboxylic acids is 2. The second kappa shape index (κ2) is 9.47. The number of nitrogens with two attached hydrogens (primary N) is 1. The maximum absolute atomic E-state index is 12.5. The third-order valence-electron chi connectivity index (χ3n) is 4.71. The Balaban J connectivity index is 1.91. The molecule has 3 aromatic rings. The van der Waals surface area contributed by atoms with Gasteiger partial charge in [-0.25, -0.2) is 4.79 Å². The summed E-state index contributed by atoms with van der Waals surface area (Å²) in [5.41, 5.74) is 6.01. The molecule has 14 nitrogen and oxygen atoms in total. The van der Waals surface area contributed by atoms with Gasteiger partial charge in [0.05, 0.1) is 16.2 Å². The lowest BCUT2D eigenvalue weighted by Crippen LogP contribution is -2.40. The van der Waals surface area contributed by atoms with Crippen LogP contribution in [-0.4, -0.2) is 65.6 Å². The van der Waals surface area contributed by atoms with Crippen molar-refractivity contribution in [3.8, 4) is 5.88 Å². The van der Waals surface area contributed by atoms with Crippen molar-refractivity contribution in [2.75, 3.05) is 12.3 Å². The molecule has 3 rings (SSSR count). The van der Waals surface area contributed by atoms with E-state index >= 15 is 0 Å². The van der Waals surface area contributed by atoms with Crippen LogP contribution >= 0.6 is 11.3 Å². The van der Waals surface area contributed by atoms with Crippen LogP contribution in [0.3, 0.4) is 0 Å². The molecule has 3 aromatic heterocycles. The summed E-state index contributed by atoms with van der Waals surface area (Å²) in [7, 11) is 0. The number of nitrogens with one attached hydrogen (secondary N) is 2. The molecule has 0 radical (unpaired) electrons. The average Bonchev–Trinajstić information content (AvgIpc) is 3.36. The molecule has 15 heteroatoms. The van der Waals surface area contributed by atoms with Crippen LogP contribution in [0.2, 0.25) is 0 Å². The number of nitrogens with zero attached hydrogens (tertiary/aromatic N) is 3. The summed E-state index contributed by atoms with van der Waals surface area (Å²) in [4.78, 5) is 56.2. The number of aromatic hydroxyl groups is 1. The Morgan fingerprint density at radius 3 is 2.64 bits per heavy atom. The van der Waals surface area contributed by atoms with Crippen molar-refractivity contribution < 1.29 is 34.6 Å². The Morgan fingerprint density at radius 1 is 1.27 bits per heavy atom. The SMILES string of the molecule is Nc1nc(O)c2c(C(C[N+](=O)[O-])c3ccc(C(=O)N[C@@H](CCC(=O)O)C(=O)O)s3)c[nH]c2n1. The van der Waals surface area contributed by atoms with Crippen LogP contribution < -0.4 is 11.1 Å². The number of carbonyl (C=O) groups excluding carboxylic acids is 1. The molecule has 0 spiro atoms. The summed E-state index contributed by atoms with van der Waals surface area (Å²) in [6.45, 7) is -0.575. The number of aromatic nitrogens is 3. The van der Waals surface area contributed by atoms with E-state index in [0.717, 1.165) is 11.3 Å². The minimum atomic E-state index is -1.41. The Bertz CT molecular complexity index is 1240. The van der Waals surface area contributed by atoms with E-state index in [0.29, 0.717) is 10.4 Å². The number of carboxylic acids is 2. The van der Waals surface area contributed by atoms with Crippen LogP contribution in [0.25, 0.3) is 11.0 Å². The minimum Gasteiger partial charge on any atom is -0.493 e. The molecule has 3 heterocycles. The number of carboxylic acid groups (broad SMARTS) is 2. The van der Waals surface area contributed by atoms with Gasteiger partial charge in [-0.3, -0.25) is 19.7 Å². The van der Waals surface area contributed by atoms with Gasteiger partial charge in [-0.2, -0.15) is 9.97 Å². The zero-order valence-corrected chi connectivity index (χ0v) is 17.5. The van der Waals surface area contributed by atoms with E-state index in [-0.39, 0.29) is 28.3 Å². The van der Waals surface area contributed by atoms with E-state index in [1.807, 2.05) is 0 Å².